The zero-order chi connectivity index (χ0) is 20.2. The number of halogens is 1. The number of benzene rings is 1. The molecule has 0 saturated carbocycles. The molecule has 1 N–H and O–H groups in total. The lowest BCUT2D eigenvalue weighted by atomic mass is 10.2. The van der Waals surface area contributed by atoms with Gasteiger partial charge in [0.15, 0.2) is 0 Å². The minimum absolute atomic E-state index is 0.0698. The lowest BCUT2D eigenvalue weighted by molar-refractivity contribution is -0.112. The summed E-state index contributed by atoms with van der Waals surface area (Å²) in [5, 5.41) is 21.3. The Balaban J connectivity index is 1.47. The Kier molecular flexibility index (Phi) is 5.74. The number of nitriles is 1. The number of hydrogen-bond acceptors (Lipinski definition) is 7. The summed E-state index contributed by atoms with van der Waals surface area (Å²) in [6, 6.07) is 13.1. The van der Waals surface area contributed by atoms with Gasteiger partial charge in [-0.15, -0.1) is 10.2 Å². The van der Waals surface area contributed by atoms with Crippen molar-refractivity contribution in [3.05, 3.63) is 52.2 Å². The predicted octanol–water partition coefficient (Wildman–Crippen LogP) is 4.71. The van der Waals surface area contributed by atoms with E-state index >= 15 is 0 Å². The number of nitrogens with zero attached hydrogens (tertiary/aromatic N) is 4. The van der Waals surface area contributed by atoms with Crippen LogP contribution >= 0.6 is 27.3 Å². The van der Waals surface area contributed by atoms with Gasteiger partial charge < -0.3 is 9.32 Å². The molecule has 1 aliphatic rings. The minimum atomic E-state index is -0.543. The molecule has 146 valence electrons. The van der Waals surface area contributed by atoms with Crippen molar-refractivity contribution >= 4 is 49.5 Å². The number of amides is 1. The number of anilines is 2. The molecule has 29 heavy (non-hydrogen) atoms. The lowest BCUT2D eigenvalue weighted by Crippen LogP contribution is -2.17. The fourth-order valence-electron chi connectivity index (χ4n) is 2.96. The van der Waals surface area contributed by atoms with Crippen molar-refractivity contribution in [2.24, 2.45) is 0 Å². The van der Waals surface area contributed by atoms with E-state index in [4.69, 9.17) is 4.42 Å². The van der Waals surface area contributed by atoms with Gasteiger partial charge in [0.2, 0.25) is 10.3 Å². The molecule has 1 amide bonds. The molecular weight excluding hydrogens is 454 g/mol. The highest BCUT2D eigenvalue weighted by atomic mass is 79.9. The van der Waals surface area contributed by atoms with Crippen LogP contribution in [0.2, 0.25) is 0 Å². The third kappa shape index (κ3) is 4.55. The summed E-state index contributed by atoms with van der Waals surface area (Å²) in [7, 11) is 0. The van der Waals surface area contributed by atoms with E-state index in [-0.39, 0.29) is 5.57 Å². The molecule has 9 heteroatoms. The zero-order valence-corrected chi connectivity index (χ0v) is 17.7. The van der Waals surface area contributed by atoms with Gasteiger partial charge in [-0.25, -0.2) is 0 Å². The maximum Gasteiger partial charge on any atom is 0.268 e. The van der Waals surface area contributed by atoms with Crippen LogP contribution in [-0.4, -0.2) is 29.2 Å². The van der Waals surface area contributed by atoms with Crippen LogP contribution in [0.5, 0.6) is 0 Å². The highest BCUT2D eigenvalue weighted by molar-refractivity contribution is 9.10. The molecule has 0 atom stereocenters. The van der Waals surface area contributed by atoms with Gasteiger partial charge in [-0.2, -0.15) is 5.26 Å². The van der Waals surface area contributed by atoms with Gasteiger partial charge in [-0.1, -0.05) is 39.4 Å². The molecule has 7 nitrogen and oxygen atoms in total. The highest BCUT2D eigenvalue weighted by Gasteiger charge is 2.19. The average molecular weight is 470 g/mol. The highest BCUT2D eigenvalue weighted by Crippen LogP contribution is 2.28. The Hall–Kier alpha value is -2.96. The third-order valence-electron chi connectivity index (χ3n) is 4.42. The monoisotopic (exact) mass is 469 g/mol. The molecule has 1 fully saturated rings. The van der Waals surface area contributed by atoms with E-state index < -0.39 is 5.91 Å². The van der Waals surface area contributed by atoms with Crippen LogP contribution < -0.4 is 10.2 Å². The number of carbonyl (C=O) groups is 1. The molecule has 2 aromatic heterocycles. The largest absolute Gasteiger partial charge is 0.457 e. The van der Waals surface area contributed by atoms with Gasteiger partial charge in [-0.3, -0.25) is 10.1 Å². The first-order valence-corrected chi connectivity index (χ1v) is 10.6. The van der Waals surface area contributed by atoms with Crippen LogP contribution in [0.25, 0.3) is 17.4 Å². The second-order valence-electron chi connectivity index (χ2n) is 6.42. The molecule has 1 aliphatic heterocycles. The van der Waals surface area contributed by atoms with Crippen LogP contribution in [0.3, 0.4) is 0 Å². The molecule has 3 aromatic rings. The second kappa shape index (κ2) is 8.59. The van der Waals surface area contributed by atoms with Gasteiger partial charge in [0.25, 0.3) is 5.91 Å². The second-order valence-corrected chi connectivity index (χ2v) is 8.29. The number of carbonyl (C=O) groups excluding carboxylic acids is 1. The summed E-state index contributed by atoms with van der Waals surface area (Å²) < 4.78 is 6.73. The summed E-state index contributed by atoms with van der Waals surface area (Å²) >= 11 is 4.70. The van der Waals surface area contributed by atoms with Gasteiger partial charge in [-0.05, 0) is 37.1 Å². The normalized spacial score (nSPS) is 14.1. The van der Waals surface area contributed by atoms with Crippen molar-refractivity contribution in [1.82, 2.24) is 10.2 Å². The summed E-state index contributed by atoms with van der Waals surface area (Å²) in [6.45, 7) is 1.90. The summed E-state index contributed by atoms with van der Waals surface area (Å²) in [5.41, 5.74) is 0.832. The zero-order valence-electron chi connectivity index (χ0n) is 15.3. The van der Waals surface area contributed by atoms with Gasteiger partial charge >= 0.3 is 0 Å². The van der Waals surface area contributed by atoms with Crippen LogP contribution in [-0.2, 0) is 4.79 Å². The Morgan fingerprint density at radius 3 is 2.69 bits per heavy atom. The summed E-state index contributed by atoms with van der Waals surface area (Å²) in [5.74, 6) is 0.531. The van der Waals surface area contributed by atoms with E-state index in [1.54, 1.807) is 12.1 Å². The van der Waals surface area contributed by atoms with Crippen LogP contribution in [0.15, 0.2) is 50.9 Å². The first kappa shape index (κ1) is 19.4. The lowest BCUT2D eigenvalue weighted by Gasteiger charge is -2.10. The van der Waals surface area contributed by atoms with Crippen molar-refractivity contribution in [2.45, 2.75) is 12.8 Å². The fraction of sp³-hybridized carbons (Fsp3) is 0.200. The maximum atomic E-state index is 12.5. The molecule has 0 unspecified atom stereocenters. The predicted molar refractivity (Wildman–Crippen MR) is 115 cm³/mol. The first-order chi connectivity index (χ1) is 14.1. The van der Waals surface area contributed by atoms with Crippen molar-refractivity contribution in [3.63, 3.8) is 0 Å². The van der Waals surface area contributed by atoms with Crippen LogP contribution in [0, 0.1) is 11.3 Å². The molecule has 3 heterocycles. The molecule has 1 saturated heterocycles. The smallest absolute Gasteiger partial charge is 0.268 e. The van der Waals surface area contributed by atoms with E-state index in [0.29, 0.717) is 16.7 Å². The number of nitrogens with one attached hydrogen (secondary N) is 1. The first-order valence-electron chi connectivity index (χ1n) is 9.00. The number of hydrogen-bond donors (Lipinski definition) is 1. The van der Waals surface area contributed by atoms with Crippen molar-refractivity contribution in [2.75, 3.05) is 23.3 Å². The van der Waals surface area contributed by atoms with E-state index in [2.05, 4.69) is 36.3 Å². The third-order valence-corrected chi connectivity index (χ3v) is 5.85. The van der Waals surface area contributed by atoms with Gasteiger partial charge in [0.1, 0.15) is 23.2 Å². The standard InChI is InChI=1S/C20H16BrN5O2S/c21-15-5-3-13(4-6-15)17-8-7-16(28-17)11-14(12-22)18(27)23-19-24-25-20(29-19)26-9-1-2-10-26/h3-8,11H,1-2,9-10H2,(H,23,24,27)/b14-11-. The number of rotatable bonds is 5. The topological polar surface area (TPSA) is 95.0 Å². The number of aromatic nitrogens is 2. The molecule has 0 radical (unpaired) electrons. The molecule has 1 aromatic carbocycles. The molecular formula is C20H16BrN5O2S. The maximum absolute atomic E-state index is 12.5. The van der Waals surface area contributed by atoms with Crippen molar-refractivity contribution < 1.29 is 9.21 Å². The van der Waals surface area contributed by atoms with Gasteiger partial charge in [0.05, 0.1) is 0 Å². The minimum Gasteiger partial charge on any atom is -0.457 e. The Labute approximate surface area is 179 Å². The Morgan fingerprint density at radius 2 is 1.97 bits per heavy atom. The van der Waals surface area contributed by atoms with E-state index in [0.717, 1.165) is 41.1 Å². The quantitative estimate of drug-likeness (QED) is 0.429. The van der Waals surface area contributed by atoms with Crippen molar-refractivity contribution in [1.29, 1.82) is 5.26 Å². The molecule has 0 spiro atoms. The van der Waals surface area contributed by atoms with Crippen LogP contribution in [0.4, 0.5) is 10.3 Å². The molecule has 0 bridgehead atoms. The van der Waals surface area contributed by atoms with E-state index in [1.807, 2.05) is 30.3 Å². The fourth-order valence-corrected chi connectivity index (χ4v) is 4.01. The van der Waals surface area contributed by atoms with E-state index in [1.165, 1.54) is 17.4 Å². The summed E-state index contributed by atoms with van der Waals surface area (Å²) in [6.07, 6.45) is 3.68. The average Bonchev–Trinajstić information content (AvgIpc) is 3.48. The molecule has 0 aliphatic carbocycles. The van der Waals surface area contributed by atoms with Crippen LogP contribution in [0.1, 0.15) is 18.6 Å². The van der Waals surface area contributed by atoms with Crippen molar-refractivity contribution in [3.8, 4) is 17.4 Å². The Bertz CT molecular complexity index is 1090. The Morgan fingerprint density at radius 1 is 1.21 bits per heavy atom. The number of furan rings is 1. The van der Waals surface area contributed by atoms with E-state index in [9.17, 15) is 10.1 Å². The SMILES string of the molecule is N#C/C(=C/c1ccc(-c2ccc(Br)cc2)o1)C(=O)Nc1nnc(N2CCCC2)s1. The molecule has 4 rings (SSSR count). The van der Waals surface area contributed by atoms with Gasteiger partial charge in [0, 0.05) is 29.2 Å². The summed E-state index contributed by atoms with van der Waals surface area (Å²) in [4.78, 5) is 14.6.